The average Bonchev–Trinajstić information content (AvgIpc) is 2.41. The van der Waals surface area contributed by atoms with E-state index in [1.54, 1.807) is 6.21 Å². The van der Waals surface area contributed by atoms with Gasteiger partial charge in [-0.2, -0.15) is 5.10 Å². The molecule has 0 bridgehead atoms. The molecule has 1 aromatic carbocycles. The van der Waals surface area contributed by atoms with Crippen molar-refractivity contribution in [2.24, 2.45) is 21.7 Å². The summed E-state index contributed by atoms with van der Waals surface area (Å²) < 4.78 is 1.05. The Morgan fingerprint density at radius 1 is 1.25 bits per heavy atom. The zero-order valence-corrected chi connectivity index (χ0v) is 13.0. The maximum Gasteiger partial charge on any atom is 0.211 e. The fraction of sp³-hybridized carbons (Fsp3) is 0.385. The largest absolute Gasteiger partial charge is 0.369 e. The minimum atomic E-state index is -0.0421. The maximum atomic E-state index is 5.27. The summed E-state index contributed by atoms with van der Waals surface area (Å²) in [6.45, 7) is 4.10. The standard InChI is InChI=1S/C13H19BrN6/c1-19-4-6-20(7-5-19)12-8-11(14)3-2-10(12)9-17-18-13(15)16/h2-3,8-9H,4-7H2,1H3,(H4,15,16,18). The quantitative estimate of drug-likeness (QED) is 0.485. The molecular weight excluding hydrogens is 320 g/mol. The Kier molecular flexibility index (Phi) is 4.97. The molecular formula is C13H19BrN6. The molecule has 108 valence electrons. The van der Waals surface area contributed by atoms with Crippen molar-refractivity contribution in [3.8, 4) is 0 Å². The molecule has 1 saturated heterocycles. The van der Waals surface area contributed by atoms with Gasteiger partial charge >= 0.3 is 0 Å². The maximum absolute atomic E-state index is 5.27. The first-order chi connectivity index (χ1) is 9.56. The Hall–Kier alpha value is -1.60. The Balaban J connectivity index is 2.24. The number of piperazine rings is 1. The summed E-state index contributed by atoms with van der Waals surface area (Å²) >= 11 is 3.52. The van der Waals surface area contributed by atoms with E-state index >= 15 is 0 Å². The van der Waals surface area contributed by atoms with Crippen molar-refractivity contribution in [1.82, 2.24) is 4.90 Å². The highest BCUT2D eigenvalue weighted by molar-refractivity contribution is 9.10. The van der Waals surface area contributed by atoms with Crippen LogP contribution in [0.2, 0.25) is 0 Å². The van der Waals surface area contributed by atoms with Crippen molar-refractivity contribution in [2.75, 3.05) is 38.1 Å². The van der Waals surface area contributed by atoms with Crippen LogP contribution in [0.5, 0.6) is 0 Å². The third-order valence-electron chi connectivity index (χ3n) is 3.21. The minimum Gasteiger partial charge on any atom is -0.369 e. The molecule has 2 rings (SSSR count). The number of anilines is 1. The Morgan fingerprint density at radius 3 is 2.60 bits per heavy atom. The molecule has 6 nitrogen and oxygen atoms in total. The first-order valence-corrected chi connectivity index (χ1v) is 7.20. The van der Waals surface area contributed by atoms with E-state index in [0.29, 0.717) is 0 Å². The summed E-state index contributed by atoms with van der Waals surface area (Å²) in [5, 5.41) is 7.55. The second-order valence-corrected chi connectivity index (χ2v) is 5.68. The average molecular weight is 339 g/mol. The van der Waals surface area contributed by atoms with Crippen LogP contribution in [0.4, 0.5) is 5.69 Å². The van der Waals surface area contributed by atoms with Crippen molar-refractivity contribution in [3.63, 3.8) is 0 Å². The summed E-state index contributed by atoms with van der Waals surface area (Å²) in [6, 6.07) is 6.09. The van der Waals surface area contributed by atoms with E-state index in [0.717, 1.165) is 41.9 Å². The van der Waals surface area contributed by atoms with Crippen molar-refractivity contribution in [1.29, 1.82) is 0 Å². The Morgan fingerprint density at radius 2 is 1.95 bits per heavy atom. The molecule has 1 aliphatic heterocycles. The smallest absolute Gasteiger partial charge is 0.211 e. The third kappa shape index (κ3) is 3.94. The van der Waals surface area contributed by atoms with Gasteiger partial charge < -0.3 is 21.3 Å². The van der Waals surface area contributed by atoms with Gasteiger partial charge in [0, 0.05) is 41.9 Å². The van der Waals surface area contributed by atoms with E-state index in [1.807, 2.05) is 12.1 Å². The number of likely N-dealkylation sites (N-methyl/N-ethyl adjacent to an activating group) is 1. The summed E-state index contributed by atoms with van der Waals surface area (Å²) in [5.74, 6) is -0.0421. The Bertz CT molecular complexity index is 516. The molecule has 1 heterocycles. The van der Waals surface area contributed by atoms with Crippen LogP contribution in [-0.4, -0.2) is 50.3 Å². The van der Waals surface area contributed by atoms with E-state index < -0.39 is 0 Å². The summed E-state index contributed by atoms with van der Waals surface area (Å²) in [5.41, 5.74) is 12.7. The molecule has 1 aliphatic rings. The highest BCUT2D eigenvalue weighted by Gasteiger charge is 2.16. The molecule has 4 N–H and O–H groups in total. The predicted octanol–water partition coefficient (Wildman–Crippen LogP) is 0.808. The molecule has 0 aromatic heterocycles. The second kappa shape index (κ2) is 6.71. The van der Waals surface area contributed by atoms with E-state index in [4.69, 9.17) is 11.5 Å². The molecule has 0 atom stereocenters. The first-order valence-electron chi connectivity index (χ1n) is 6.41. The number of nitrogens with two attached hydrogens (primary N) is 2. The molecule has 0 aliphatic carbocycles. The van der Waals surface area contributed by atoms with E-state index in [2.05, 4.69) is 49.0 Å². The van der Waals surface area contributed by atoms with Crippen LogP contribution in [0.25, 0.3) is 0 Å². The van der Waals surface area contributed by atoms with E-state index in [1.165, 1.54) is 0 Å². The number of hydrogen-bond acceptors (Lipinski definition) is 4. The molecule has 7 heteroatoms. The van der Waals surface area contributed by atoms with Gasteiger partial charge in [0.05, 0.1) is 6.21 Å². The van der Waals surface area contributed by atoms with Crippen LogP contribution < -0.4 is 16.4 Å². The van der Waals surface area contributed by atoms with Crippen LogP contribution in [0.15, 0.2) is 32.9 Å². The van der Waals surface area contributed by atoms with Crippen LogP contribution in [0.1, 0.15) is 5.56 Å². The monoisotopic (exact) mass is 338 g/mol. The molecule has 0 radical (unpaired) electrons. The van der Waals surface area contributed by atoms with Crippen molar-refractivity contribution >= 4 is 33.8 Å². The lowest BCUT2D eigenvalue weighted by molar-refractivity contribution is 0.313. The number of rotatable bonds is 3. The van der Waals surface area contributed by atoms with Gasteiger partial charge in [0.15, 0.2) is 0 Å². The van der Waals surface area contributed by atoms with Crippen LogP contribution >= 0.6 is 15.9 Å². The molecule has 0 amide bonds. The highest BCUT2D eigenvalue weighted by atomic mass is 79.9. The molecule has 0 saturated carbocycles. The lowest BCUT2D eigenvalue weighted by Crippen LogP contribution is -2.44. The minimum absolute atomic E-state index is 0.0421. The van der Waals surface area contributed by atoms with Crippen molar-refractivity contribution in [2.45, 2.75) is 0 Å². The summed E-state index contributed by atoms with van der Waals surface area (Å²) in [6.07, 6.45) is 1.68. The highest BCUT2D eigenvalue weighted by Crippen LogP contribution is 2.25. The fourth-order valence-electron chi connectivity index (χ4n) is 2.10. The normalized spacial score (nSPS) is 16.6. The predicted molar refractivity (Wildman–Crippen MR) is 87.3 cm³/mol. The lowest BCUT2D eigenvalue weighted by atomic mass is 10.1. The zero-order chi connectivity index (χ0) is 14.5. The summed E-state index contributed by atoms with van der Waals surface area (Å²) in [7, 11) is 2.14. The molecule has 0 spiro atoms. The molecule has 1 aromatic rings. The van der Waals surface area contributed by atoms with Crippen LogP contribution in [-0.2, 0) is 0 Å². The van der Waals surface area contributed by atoms with Gasteiger partial charge in [0.1, 0.15) is 0 Å². The molecule has 1 fully saturated rings. The van der Waals surface area contributed by atoms with Gasteiger partial charge in [-0.15, -0.1) is 5.10 Å². The third-order valence-corrected chi connectivity index (χ3v) is 3.70. The fourth-order valence-corrected chi connectivity index (χ4v) is 2.45. The number of halogens is 1. The molecule has 20 heavy (non-hydrogen) atoms. The number of guanidine groups is 1. The Labute approximate surface area is 127 Å². The number of benzene rings is 1. The number of nitrogens with zero attached hydrogens (tertiary/aromatic N) is 4. The van der Waals surface area contributed by atoms with E-state index in [9.17, 15) is 0 Å². The van der Waals surface area contributed by atoms with Crippen molar-refractivity contribution in [3.05, 3.63) is 28.2 Å². The van der Waals surface area contributed by atoms with Gasteiger partial charge in [-0.1, -0.05) is 22.0 Å². The second-order valence-electron chi connectivity index (χ2n) is 4.76. The SMILES string of the molecule is CN1CCN(c2cc(Br)ccc2C=NN=C(N)N)CC1. The van der Waals surface area contributed by atoms with Gasteiger partial charge in [-0.25, -0.2) is 0 Å². The lowest BCUT2D eigenvalue weighted by Gasteiger charge is -2.34. The number of hydrogen-bond donors (Lipinski definition) is 2. The molecule has 0 unspecified atom stereocenters. The van der Waals surface area contributed by atoms with Crippen molar-refractivity contribution < 1.29 is 0 Å². The zero-order valence-electron chi connectivity index (χ0n) is 11.5. The van der Waals surface area contributed by atoms with Crippen LogP contribution in [0.3, 0.4) is 0 Å². The van der Waals surface area contributed by atoms with Gasteiger partial charge in [0.25, 0.3) is 0 Å². The van der Waals surface area contributed by atoms with Crippen LogP contribution in [0, 0.1) is 0 Å². The van der Waals surface area contributed by atoms with E-state index in [-0.39, 0.29) is 5.96 Å². The van der Waals surface area contributed by atoms with Gasteiger partial charge in [0.2, 0.25) is 5.96 Å². The van der Waals surface area contributed by atoms with Gasteiger partial charge in [-0.3, -0.25) is 0 Å². The van der Waals surface area contributed by atoms with Gasteiger partial charge in [-0.05, 0) is 19.2 Å². The first kappa shape index (κ1) is 14.8. The summed E-state index contributed by atoms with van der Waals surface area (Å²) in [4.78, 5) is 4.67. The topological polar surface area (TPSA) is 83.2 Å².